The van der Waals surface area contributed by atoms with Crippen molar-refractivity contribution in [2.75, 3.05) is 0 Å². The molecule has 0 aromatic carbocycles. The van der Waals surface area contributed by atoms with E-state index in [4.69, 9.17) is 0 Å². The standard InChI is InChI=1S/2C10H8N2.2Cr.Cu.7O/c2*1-3-7-11-9(5-1)10-6-2-4-8-12-10;;;;;;;;;;/h2*1-8H;;;;;;;;;;/q;;2*+6;+2;7*-2. The minimum absolute atomic E-state index is 0. The summed E-state index contributed by atoms with van der Waals surface area (Å²) in [5, 5.41) is 0. The Hall–Kier alpha value is -2.10. The van der Waals surface area contributed by atoms with Crippen LogP contribution in [0.1, 0.15) is 0 Å². The average molecular weight is 592 g/mol. The van der Waals surface area contributed by atoms with Gasteiger partial charge in [-0.25, -0.2) is 0 Å². The normalized spacial score (nSPS) is 6.82. The summed E-state index contributed by atoms with van der Waals surface area (Å²) in [7, 11) is 0. The predicted molar refractivity (Wildman–Crippen MR) is 99.7 cm³/mol. The Morgan fingerprint density at radius 3 is 0.618 bits per heavy atom. The number of nitrogens with zero attached hydrogens (tertiary/aromatic N) is 4. The molecule has 11 nitrogen and oxygen atoms in total. The molecule has 1 radical (unpaired) electrons. The zero-order valence-electron chi connectivity index (χ0n) is 17.0. The van der Waals surface area contributed by atoms with Crippen molar-refractivity contribution in [3.63, 3.8) is 0 Å². The van der Waals surface area contributed by atoms with E-state index in [0.29, 0.717) is 0 Å². The molecule has 0 aliphatic carbocycles. The molecule has 0 atom stereocenters. The smallest absolute Gasteiger partial charge is 2.00 e. The Bertz CT molecular complexity index is 727. The van der Waals surface area contributed by atoms with E-state index in [9.17, 15) is 0 Å². The van der Waals surface area contributed by atoms with Gasteiger partial charge in [-0.1, -0.05) is 24.3 Å². The van der Waals surface area contributed by atoms with Gasteiger partial charge >= 0.3 is 51.8 Å². The molecule has 0 spiro atoms. The van der Waals surface area contributed by atoms with Gasteiger partial charge in [0.05, 0.1) is 22.8 Å². The molecule has 14 heteroatoms. The Morgan fingerprint density at radius 2 is 0.500 bits per heavy atom. The molecule has 4 aromatic heterocycles. The van der Waals surface area contributed by atoms with Crippen molar-refractivity contribution in [2.24, 2.45) is 0 Å². The Labute approximate surface area is 229 Å². The molecule has 0 saturated carbocycles. The molecule has 181 valence electrons. The fraction of sp³-hybridized carbons (Fsp3) is 0. The quantitative estimate of drug-likeness (QED) is 0.317. The molecule has 0 unspecified atom stereocenters. The first-order valence-corrected chi connectivity index (χ1v) is 7.58. The Kier molecular flexibility index (Phi) is 48.5. The van der Waals surface area contributed by atoms with Gasteiger partial charge in [0.2, 0.25) is 0 Å². The number of pyridine rings is 4. The number of hydrogen-bond acceptors (Lipinski definition) is 4. The van der Waals surface area contributed by atoms with Crippen LogP contribution in [0.15, 0.2) is 97.6 Å². The van der Waals surface area contributed by atoms with Crippen molar-refractivity contribution in [3.05, 3.63) is 97.6 Å². The summed E-state index contributed by atoms with van der Waals surface area (Å²) in [6, 6.07) is 23.2. The van der Waals surface area contributed by atoms with Crippen LogP contribution in [-0.4, -0.2) is 19.9 Å². The van der Waals surface area contributed by atoms with Gasteiger partial charge in [0, 0.05) is 24.8 Å². The molecule has 34 heavy (non-hydrogen) atoms. The molecule has 0 amide bonds. The zero-order chi connectivity index (χ0) is 16.5. The van der Waals surface area contributed by atoms with Crippen LogP contribution >= 0.6 is 0 Å². The first-order chi connectivity index (χ1) is 11.9. The van der Waals surface area contributed by atoms with Crippen LogP contribution in [0.4, 0.5) is 0 Å². The molecule has 0 bridgehead atoms. The summed E-state index contributed by atoms with van der Waals surface area (Å²) >= 11 is 0. The van der Waals surface area contributed by atoms with Gasteiger partial charge in [-0.15, -0.1) is 0 Å². The van der Waals surface area contributed by atoms with E-state index >= 15 is 0 Å². The maximum absolute atomic E-state index is 4.19. The third-order valence-corrected chi connectivity index (χ3v) is 3.18. The third-order valence-electron chi connectivity index (χ3n) is 3.18. The fourth-order valence-corrected chi connectivity index (χ4v) is 2.06. The molecule has 4 heterocycles. The van der Waals surface area contributed by atoms with E-state index < -0.39 is 0 Å². The van der Waals surface area contributed by atoms with Crippen LogP contribution in [-0.2, 0) is 90.1 Å². The van der Waals surface area contributed by atoms with E-state index in [0.717, 1.165) is 22.8 Å². The molecule has 4 aromatic rings. The van der Waals surface area contributed by atoms with Gasteiger partial charge in [0.1, 0.15) is 0 Å². The van der Waals surface area contributed by atoms with Gasteiger partial charge in [-0.2, -0.15) is 0 Å². The molecular weight excluding hydrogens is 576 g/mol. The molecular formula is C20H16Cr2CuN4O7. The molecule has 0 N–H and O–H groups in total. The fourth-order valence-electron chi connectivity index (χ4n) is 2.06. The number of rotatable bonds is 2. The predicted octanol–water partition coefficient (Wildman–Crippen LogP) is 3.45. The van der Waals surface area contributed by atoms with E-state index in [-0.39, 0.29) is 90.1 Å². The van der Waals surface area contributed by atoms with Crippen LogP contribution in [0.3, 0.4) is 0 Å². The van der Waals surface area contributed by atoms with Crippen molar-refractivity contribution in [2.45, 2.75) is 0 Å². The molecule has 4 rings (SSSR count). The van der Waals surface area contributed by atoms with Gasteiger partial charge in [-0.3, -0.25) is 19.9 Å². The summed E-state index contributed by atoms with van der Waals surface area (Å²) in [4.78, 5) is 16.7. The molecule has 0 saturated heterocycles. The topological polar surface area (TPSA) is 251 Å². The van der Waals surface area contributed by atoms with Crippen molar-refractivity contribution in [3.8, 4) is 22.8 Å². The van der Waals surface area contributed by atoms with Gasteiger partial charge in [0.15, 0.2) is 0 Å². The second kappa shape index (κ2) is 30.9. The van der Waals surface area contributed by atoms with Crippen LogP contribution < -0.4 is 0 Å². The summed E-state index contributed by atoms with van der Waals surface area (Å²) in [6.45, 7) is 0. The van der Waals surface area contributed by atoms with Crippen molar-refractivity contribution in [1.29, 1.82) is 0 Å². The van der Waals surface area contributed by atoms with Crippen molar-refractivity contribution >= 4 is 0 Å². The third kappa shape index (κ3) is 17.4. The maximum atomic E-state index is 4.19. The monoisotopic (exact) mass is 591 g/mol. The average Bonchev–Trinajstić information content (AvgIpc) is 2.71. The maximum Gasteiger partial charge on any atom is 6.00 e. The second-order valence-corrected chi connectivity index (χ2v) is 4.86. The minimum Gasteiger partial charge on any atom is -2.00 e. The van der Waals surface area contributed by atoms with Gasteiger partial charge in [0.25, 0.3) is 0 Å². The van der Waals surface area contributed by atoms with E-state index in [1.165, 1.54) is 0 Å². The SMILES string of the molecule is [Cr+6].[Cr+6].[Cu+2].[O-2].[O-2].[O-2].[O-2].[O-2].[O-2].[O-2].c1ccc(-c2ccccn2)nc1.c1ccc(-c2ccccn2)nc1. The summed E-state index contributed by atoms with van der Waals surface area (Å²) < 4.78 is 0. The summed E-state index contributed by atoms with van der Waals surface area (Å²) in [5.74, 6) is 0. The first-order valence-electron chi connectivity index (χ1n) is 7.58. The number of hydrogen-bond donors (Lipinski definition) is 0. The summed E-state index contributed by atoms with van der Waals surface area (Å²) in [6.07, 6.45) is 7.07. The first kappa shape index (κ1) is 53.3. The number of aromatic nitrogens is 4. The van der Waals surface area contributed by atoms with E-state index in [1.54, 1.807) is 24.8 Å². The molecule has 0 fully saturated rings. The Balaban J connectivity index is -0.0000000512. The van der Waals surface area contributed by atoms with Crippen LogP contribution in [0.25, 0.3) is 22.8 Å². The van der Waals surface area contributed by atoms with Crippen molar-refractivity contribution in [1.82, 2.24) is 19.9 Å². The van der Waals surface area contributed by atoms with Gasteiger partial charge < -0.3 is 38.3 Å². The van der Waals surface area contributed by atoms with E-state index in [1.807, 2.05) is 72.8 Å². The summed E-state index contributed by atoms with van der Waals surface area (Å²) in [5.41, 5.74) is 3.66. The second-order valence-electron chi connectivity index (χ2n) is 4.86. The zero-order valence-corrected chi connectivity index (χ0v) is 20.5. The molecule has 0 aliphatic heterocycles. The largest absolute Gasteiger partial charge is 6.00 e. The van der Waals surface area contributed by atoms with Crippen LogP contribution in [0, 0.1) is 0 Å². The van der Waals surface area contributed by atoms with Crippen LogP contribution in [0.5, 0.6) is 0 Å². The van der Waals surface area contributed by atoms with E-state index in [2.05, 4.69) is 19.9 Å². The van der Waals surface area contributed by atoms with Crippen molar-refractivity contribution < 1.29 is 90.1 Å². The Morgan fingerprint density at radius 1 is 0.324 bits per heavy atom. The minimum atomic E-state index is 0. The van der Waals surface area contributed by atoms with Crippen LogP contribution in [0.2, 0.25) is 0 Å². The van der Waals surface area contributed by atoms with Gasteiger partial charge in [-0.05, 0) is 48.5 Å². The molecule has 0 aliphatic rings.